The molecule has 0 radical (unpaired) electrons. The zero-order valence-electron chi connectivity index (χ0n) is 39.3. The predicted molar refractivity (Wildman–Crippen MR) is 244 cm³/mol. The molecule has 22 heteroatoms. The van der Waals surface area contributed by atoms with Crippen molar-refractivity contribution in [1.29, 1.82) is 0 Å². The van der Waals surface area contributed by atoms with Crippen molar-refractivity contribution in [3.8, 4) is 0 Å². The Bertz CT molecular complexity index is 1840. The number of carboxylic acid groups (broad SMARTS) is 1. The number of nitrogens with two attached hydrogens (primary N) is 3. The van der Waals surface area contributed by atoms with E-state index in [1.807, 2.05) is 0 Å². The summed E-state index contributed by atoms with van der Waals surface area (Å²) in [5.41, 5.74) is 17.5. The SMILES string of the molecule is CC(C)C[C@H](NC(=O)[C@@H](NC(=O)[C@@H](NC(=O)[C@@H](NC(=O)[C@@H]1CCCN1C(=O)[C@H](Cc1ccccc1)NC(=O)[C@@H](NC(=O)[C@@H](N)CCCN=C(N)N)C(C)C)C(C)C)[C@@H](C)O)[C@@H](C)O)C(=O)O. The quantitative estimate of drug-likeness (QED) is 0.0265. The number of rotatable bonds is 26. The van der Waals surface area contributed by atoms with Crippen molar-refractivity contribution in [2.24, 2.45) is 39.9 Å². The van der Waals surface area contributed by atoms with Crippen LogP contribution in [0.3, 0.4) is 0 Å². The molecule has 1 saturated heterocycles. The number of guanidine groups is 1. The van der Waals surface area contributed by atoms with E-state index in [2.05, 4.69) is 36.9 Å². The highest BCUT2D eigenvalue weighted by Gasteiger charge is 2.41. The largest absolute Gasteiger partial charge is 0.480 e. The van der Waals surface area contributed by atoms with E-state index in [-0.39, 0.29) is 50.7 Å². The standard InChI is InChI=1S/C44H73N11O11/c1-22(2)20-30(43(65)66)50-40(62)34(25(7)56)54-41(63)35(26(8)57)53-39(61)33(24(5)6)52-37(59)31-17-13-19-55(31)42(64)29(21-27-14-10-9-11-15-27)49-38(60)32(23(3)4)51-36(58)28(45)16-12-18-48-44(46)47/h9-11,14-15,22-26,28-35,56-57H,12-13,16-21,45H2,1-8H3,(H,49,60)(H,50,62)(H,51,58)(H,52,59)(H,53,61)(H,54,63)(H,65,66)(H4,46,47,48)/t25-,26-,28+,29+,30+,31+,32+,33+,34+,35+/m1/s1. The Kier molecular flexibility index (Phi) is 23.0. The number of likely N-dealkylation sites (tertiary alicyclic amines) is 1. The Labute approximate surface area is 386 Å². The van der Waals surface area contributed by atoms with E-state index in [1.54, 1.807) is 71.9 Å². The van der Waals surface area contributed by atoms with Crippen LogP contribution >= 0.6 is 0 Å². The molecule has 0 aromatic heterocycles. The third-order valence-corrected chi connectivity index (χ3v) is 11.0. The molecule has 1 heterocycles. The lowest BCUT2D eigenvalue weighted by Gasteiger charge is -2.32. The minimum absolute atomic E-state index is 0.0365. The molecule has 0 spiro atoms. The van der Waals surface area contributed by atoms with Crippen LogP contribution in [0.5, 0.6) is 0 Å². The molecule has 0 aliphatic carbocycles. The fourth-order valence-corrected chi connectivity index (χ4v) is 7.30. The Morgan fingerprint density at radius 1 is 0.697 bits per heavy atom. The van der Waals surface area contributed by atoms with E-state index in [1.165, 1.54) is 18.7 Å². The van der Waals surface area contributed by atoms with Crippen molar-refractivity contribution in [2.45, 2.75) is 154 Å². The number of aliphatic hydroxyl groups excluding tert-OH is 2. The molecule has 10 atom stereocenters. The van der Waals surface area contributed by atoms with Gasteiger partial charge in [0.05, 0.1) is 18.2 Å². The average molecular weight is 932 g/mol. The fraction of sp³-hybridized carbons (Fsp3) is 0.659. The smallest absolute Gasteiger partial charge is 0.326 e. The molecule has 15 N–H and O–H groups in total. The van der Waals surface area contributed by atoms with Crippen molar-refractivity contribution in [1.82, 2.24) is 36.8 Å². The van der Waals surface area contributed by atoms with Crippen LogP contribution in [0.4, 0.5) is 0 Å². The maximum Gasteiger partial charge on any atom is 0.326 e. The van der Waals surface area contributed by atoms with E-state index in [0.29, 0.717) is 18.4 Å². The van der Waals surface area contributed by atoms with Crippen LogP contribution in [0.1, 0.15) is 93.1 Å². The van der Waals surface area contributed by atoms with E-state index in [4.69, 9.17) is 17.2 Å². The first-order chi connectivity index (χ1) is 30.8. The summed E-state index contributed by atoms with van der Waals surface area (Å²) in [5.74, 6) is -8.03. The number of aliphatic imine (C=N–C) groups is 1. The maximum atomic E-state index is 14.5. The molecule has 1 aliphatic rings. The Morgan fingerprint density at radius 2 is 1.18 bits per heavy atom. The van der Waals surface area contributed by atoms with Crippen molar-refractivity contribution in [3.05, 3.63) is 35.9 Å². The van der Waals surface area contributed by atoms with Gasteiger partial charge >= 0.3 is 5.97 Å². The van der Waals surface area contributed by atoms with Gasteiger partial charge in [-0.3, -0.25) is 38.6 Å². The minimum atomic E-state index is -1.70. The fourth-order valence-electron chi connectivity index (χ4n) is 7.30. The summed E-state index contributed by atoms with van der Waals surface area (Å²) in [7, 11) is 0. The van der Waals surface area contributed by atoms with E-state index < -0.39 is 120 Å². The summed E-state index contributed by atoms with van der Waals surface area (Å²) < 4.78 is 0. The van der Waals surface area contributed by atoms with Crippen LogP contribution < -0.4 is 49.1 Å². The molecule has 22 nitrogen and oxygen atoms in total. The first-order valence-corrected chi connectivity index (χ1v) is 22.4. The molecule has 2 rings (SSSR count). The highest BCUT2D eigenvalue weighted by Crippen LogP contribution is 2.21. The van der Waals surface area contributed by atoms with Gasteiger partial charge in [-0.25, -0.2) is 4.79 Å². The van der Waals surface area contributed by atoms with Gasteiger partial charge in [-0.1, -0.05) is 71.9 Å². The molecule has 0 bridgehead atoms. The van der Waals surface area contributed by atoms with Gasteiger partial charge in [0.2, 0.25) is 41.4 Å². The zero-order valence-corrected chi connectivity index (χ0v) is 39.3. The predicted octanol–water partition coefficient (Wildman–Crippen LogP) is -2.29. The lowest BCUT2D eigenvalue weighted by molar-refractivity contribution is -0.144. The maximum absolute atomic E-state index is 14.5. The summed E-state index contributed by atoms with van der Waals surface area (Å²) >= 11 is 0. The highest BCUT2D eigenvalue weighted by atomic mass is 16.4. The second kappa shape index (κ2) is 26.9. The lowest BCUT2D eigenvalue weighted by atomic mass is 9.99. The van der Waals surface area contributed by atoms with Crippen molar-refractivity contribution in [2.75, 3.05) is 13.1 Å². The topological polar surface area (TPSA) is 363 Å². The van der Waals surface area contributed by atoms with Gasteiger partial charge in [-0.15, -0.1) is 0 Å². The molecule has 370 valence electrons. The molecule has 7 amide bonds. The monoisotopic (exact) mass is 932 g/mol. The Balaban J connectivity index is 2.29. The van der Waals surface area contributed by atoms with Crippen LogP contribution in [-0.2, 0) is 44.8 Å². The third kappa shape index (κ3) is 17.8. The normalized spacial score (nSPS) is 17.8. The van der Waals surface area contributed by atoms with E-state index in [9.17, 15) is 53.7 Å². The molecular weight excluding hydrogens is 859 g/mol. The van der Waals surface area contributed by atoms with Crippen LogP contribution in [0, 0.1) is 17.8 Å². The highest BCUT2D eigenvalue weighted by molar-refractivity contribution is 5.98. The number of carboxylic acids is 1. The molecule has 1 aromatic carbocycles. The van der Waals surface area contributed by atoms with Crippen LogP contribution in [0.25, 0.3) is 0 Å². The number of amides is 7. The summed E-state index contributed by atoms with van der Waals surface area (Å²) in [4.78, 5) is 113. The molecule has 0 saturated carbocycles. The number of benzene rings is 1. The molecular formula is C44H73N11O11. The van der Waals surface area contributed by atoms with E-state index in [0.717, 1.165) is 0 Å². The summed E-state index contributed by atoms with van der Waals surface area (Å²) in [6, 6.07) is -1.43. The van der Waals surface area contributed by atoms with Crippen LogP contribution in [0.2, 0.25) is 0 Å². The van der Waals surface area contributed by atoms with Crippen molar-refractivity contribution in [3.63, 3.8) is 0 Å². The van der Waals surface area contributed by atoms with Gasteiger partial charge in [-0.2, -0.15) is 0 Å². The Morgan fingerprint density at radius 3 is 1.68 bits per heavy atom. The molecule has 66 heavy (non-hydrogen) atoms. The number of hydrogen-bond donors (Lipinski definition) is 12. The number of aliphatic hydroxyl groups is 2. The van der Waals surface area contributed by atoms with Crippen molar-refractivity contribution >= 4 is 53.3 Å². The van der Waals surface area contributed by atoms with Crippen LogP contribution in [-0.4, -0.2) is 147 Å². The minimum Gasteiger partial charge on any atom is -0.480 e. The number of aliphatic carboxylic acids is 1. The summed E-state index contributed by atoms with van der Waals surface area (Å²) in [5, 5.41) is 45.8. The Hall–Kier alpha value is -5.87. The second-order valence-electron chi connectivity index (χ2n) is 17.9. The molecule has 1 aliphatic heterocycles. The molecule has 1 aromatic rings. The number of nitrogens with one attached hydrogen (secondary N) is 6. The number of carbonyl (C=O) groups is 8. The molecule has 1 fully saturated rings. The summed E-state index contributed by atoms with van der Waals surface area (Å²) in [6.45, 7) is 13.0. The summed E-state index contributed by atoms with van der Waals surface area (Å²) in [6.07, 6.45) is -1.70. The molecule has 0 unspecified atom stereocenters. The van der Waals surface area contributed by atoms with Gasteiger partial charge in [0.15, 0.2) is 5.96 Å². The van der Waals surface area contributed by atoms with Gasteiger partial charge in [0.1, 0.15) is 42.3 Å². The van der Waals surface area contributed by atoms with Gasteiger partial charge < -0.3 is 69.3 Å². The van der Waals surface area contributed by atoms with Crippen LogP contribution in [0.15, 0.2) is 35.3 Å². The number of carbonyl (C=O) groups excluding carboxylic acids is 7. The first kappa shape index (κ1) is 56.3. The lowest BCUT2D eigenvalue weighted by Crippen LogP contribution is -2.63. The van der Waals surface area contributed by atoms with E-state index >= 15 is 0 Å². The first-order valence-electron chi connectivity index (χ1n) is 22.4. The average Bonchev–Trinajstić information content (AvgIpc) is 3.73. The number of nitrogens with zero attached hydrogens (tertiary/aromatic N) is 2. The zero-order chi connectivity index (χ0) is 50.0. The third-order valence-electron chi connectivity index (χ3n) is 11.0. The second-order valence-corrected chi connectivity index (χ2v) is 17.9. The van der Waals surface area contributed by atoms with Crippen molar-refractivity contribution < 1.29 is 53.7 Å². The number of hydrogen-bond acceptors (Lipinski definition) is 12. The van der Waals surface area contributed by atoms with Gasteiger partial charge in [-0.05, 0) is 69.3 Å². The van der Waals surface area contributed by atoms with Gasteiger partial charge in [0.25, 0.3) is 0 Å². The van der Waals surface area contributed by atoms with Gasteiger partial charge in [0, 0.05) is 19.5 Å².